The van der Waals surface area contributed by atoms with Crippen molar-refractivity contribution < 1.29 is 19.4 Å². The third kappa shape index (κ3) is 6.46. The number of carbonyl (C=O) groups is 2. The minimum atomic E-state index is -1.10. The third-order valence-corrected chi connectivity index (χ3v) is 4.47. The molecule has 2 rings (SSSR count). The Morgan fingerprint density at radius 1 is 1.14 bits per heavy atom. The lowest BCUT2D eigenvalue weighted by Gasteiger charge is -2.18. The smallest absolute Gasteiger partial charge is 0.409 e. The number of amides is 2. The van der Waals surface area contributed by atoms with Crippen LogP contribution in [0.15, 0.2) is 42.5 Å². The summed E-state index contributed by atoms with van der Waals surface area (Å²) in [6.45, 7) is 4.58. The predicted octanol–water partition coefficient (Wildman–Crippen LogP) is 4.97. The van der Waals surface area contributed by atoms with Crippen LogP contribution in [0.3, 0.4) is 0 Å². The molecule has 0 saturated carbocycles. The van der Waals surface area contributed by atoms with E-state index in [4.69, 9.17) is 21.4 Å². The Morgan fingerprint density at radius 3 is 2.43 bits per heavy atom. The van der Waals surface area contributed by atoms with Crippen LogP contribution >= 0.6 is 11.6 Å². The summed E-state index contributed by atoms with van der Waals surface area (Å²) in [6.07, 6.45) is 1.17. The maximum Gasteiger partial charge on any atom is 0.409 e. The molecule has 0 unspecified atom stereocenters. The van der Waals surface area contributed by atoms with E-state index < -0.39 is 6.09 Å². The molecule has 0 radical (unpaired) electrons. The van der Waals surface area contributed by atoms with Crippen LogP contribution in [0.25, 0.3) is 0 Å². The summed E-state index contributed by atoms with van der Waals surface area (Å²) in [4.78, 5) is 23.2. The highest BCUT2D eigenvalue weighted by molar-refractivity contribution is 6.32. The number of halogens is 1. The van der Waals surface area contributed by atoms with E-state index in [9.17, 15) is 9.59 Å². The number of hydrogen-bond donors (Lipinski definition) is 3. The number of ether oxygens (including phenoxy) is 1. The quantitative estimate of drug-likeness (QED) is 0.550. The van der Waals surface area contributed by atoms with Crippen LogP contribution in [0.5, 0.6) is 5.75 Å². The molecule has 0 aliphatic rings. The van der Waals surface area contributed by atoms with Gasteiger partial charge in [-0.25, -0.2) is 4.79 Å². The lowest BCUT2D eigenvalue weighted by Crippen LogP contribution is -2.36. The van der Waals surface area contributed by atoms with E-state index in [1.807, 2.05) is 26.0 Å². The third-order valence-electron chi connectivity index (χ3n) is 4.17. The molecule has 0 aliphatic carbocycles. The maximum atomic E-state index is 12.6. The summed E-state index contributed by atoms with van der Waals surface area (Å²) < 4.78 is 5.53. The molecule has 2 amide bonds. The van der Waals surface area contributed by atoms with Crippen molar-refractivity contribution in [1.29, 1.82) is 0 Å². The standard InChI is InChI=1S/C21H25ClN2O4/c1-3-11-28-19-10-7-15(13-18(19)22)20(25)23-16(4-2)12-14-5-8-17(9-6-14)24-21(26)27/h5-10,13,16,24H,3-4,11-12H2,1-2H3,(H,23,25)(H,26,27)/t16-/m1/s1. The number of hydrogen-bond acceptors (Lipinski definition) is 3. The van der Waals surface area contributed by atoms with Gasteiger partial charge in [-0.05, 0) is 55.2 Å². The fourth-order valence-corrected chi connectivity index (χ4v) is 2.90. The molecule has 2 aromatic rings. The van der Waals surface area contributed by atoms with Gasteiger partial charge in [-0.1, -0.05) is 37.6 Å². The number of benzene rings is 2. The van der Waals surface area contributed by atoms with Crippen molar-refractivity contribution >= 4 is 29.3 Å². The highest BCUT2D eigenvalue weighted by Crippen LogP contribution is 2.25. The van der Waals surface area contributed by atoms with Crippen LogP contribution in [-0.4, -0.2) is 29.8 Å². The first-order valence-corrected chi connectivity index (χ1v) is 9.62. The fraction of sp³-hybridized carbons (Fsp3) is 0.333. The van der Waals surface area contributed by atoms with Crippen molar-refractivity contribution in [3.8, 4) is 5.75 Å². The number of anilines is 1. The average molecular weight is 405 g/mol. The van der Waals surface area contributed by atoms with Crippen LogP contribution in [0, 0.1) is 0 Å². The summed E-state index contributed by atoms with van der Waals surface area (Å²) in [5.41, 5.74) is 1.99. The summed E-state index contributed by atoms with van der Waals surface area (Å²) in [5.74, 6) is 0.377. The average Bonchev–Trinajstić information content (AvgIpc) is 2.67. The minimum Gasteiger partial charge on any atom is -0.492 e. The van der Waals surface area contributed by atoms with Gasteiger partial charge in [-0.2, -0.15) is 0 Å². The molecule has 0 aromatic heterocycles. The van der Waals surface area contributed by atoms with E-state index in [-0.39, 0.29) is 11.9 Å². The van der Waals surface area contributed by atoms with Gasteiger partial charge in [0.05, 0.1) is 11.6 Å². The van der Waals surface area contributed by atoms with Gasteiger partial charge < -0.3 is 15.2 Å². The predicted molar refractivity (Wildman–Crippen MR) is 111 cm³/mol. The van der Waals surface area contributed by atoms with Crippen molar-refractivity contribution in [2.75, 3.05) is 11.9 Å². The van der Waals surface area contributed by atoms with Crippen molar-refractivity contribution in [1.82, 2.24) is 5.32 Å². The van der Waals surface area contributed by atoms with Crippen LogP contribution < -0.4 is 15.4 Å². The maximum absolute atomic E-state index is 12.6. The van der Waals surface area contributed by atoms with Gasteiger partial charge in [-0.15, -0.1) is 0 Å². The van der Waals surface area contributed by atoms with Gasteiger partial charge in [0, 0.05) is 17.3 Å². The zero-order valence-corrected chi connectivity index (χ0v) is 16.8. The Morgan fingerprint density at radius 2 is 1.86 bits per heavy atom. The first-order valence-electron chi connectivity index (χ1n) is 9.25. The van der Waals surface area contributed by atoms with Gasteiger partial charge >= 0.3 is 6.09 Å². The first-order chi connectivity index (χ1) is 13.4. The fourth-order valence-electron chi connectivity index (χ4n) is 2.67. The van der Waals surface area contributed by atoms with Crippen molar-refractivity contribution in [3.63, 3.8) is 0 Å². The molecule has 7 heteroatoms. The molecule has 0 fully saturated rings. The molecule has 3 N–H and O–H groups in total. The van der Waals surface area contributed by atoms with E-state index >= 15 is 0 Å². The molecule has 0 bridgehead atoms. The SMILES string of the molecule is CCCOc1ccc(C(=O)N[C@H](CC)Cc2ccc(NC(=O)O)cc2)cc1Cl. The number of carbonyl (C=O) groups excluding carboxylic acids is 1. The normalized spacial score (nSPS) is 11.5. The van der Waals surface area contributed by atoms with Gasteiger partial charge in [0.25, 0.3) is 5.91 Å². The second-order valence-electron chi connectivity index (χ2n) is 6.40. The largest absolute Gasteiger partial charge is 0.492 e. The van der Waals surface area contributed by atoms with E-state index in [0.29, 0.717) is 35.1 Å². The Balaban J connectivity index is 1.99. The lowest BCUT2D eigenvalue weighted by molar-refractivity contribution is 0.0935. The lowest BCUT2D eigenvalue weighted by atomic mass is 10.0. The highest BCUT2D eigenvalue weighted by Gasteiger charge is 2.15. The Kier molecular flexibility index (Phi) is 8.14. The van der Waals surface area contributed by atoms with Gasteiger partial charge in [0.2, 0.25) is 0 Å². The monoisotopic (exact) mass is 404 g/mol. The molecule has 2 aromatic carbocycles. The summed E-state index contributed by atoms with van der Waals surface area (Å²) in [6, 6.07) is 12.1. The van der Waals surface area contributed by atoms with Crippen molar-refractivity contribution in [2.24, 2.45) is 0 Å². The zero-order valence-electron chi connectivity index (χ0n) is 16.0. The molecule has 6 nitrogen and oxygen atoms in total. The van der Waals surface area contributed by atoms with Gasteiger partial charge in [0.1, 0.15) is 5.75 Å². The number of carboxylic acid groups (broad SMARTS) is 1. The van der Waals surface area contributed by atoms with E-state index in [0.717, 1.165) is 18.4 Å². The summed E-state index contributed by atoms with van der Waals surface area (Å²) >= 11 is 6.21. The second-order valence-corrected chi connectivity index (χ2v) is 6.81. The van der Waals surface area contributed by atoms with Gasteiger partial charge in [-0.3, -0.25) is 10.1 Å². The minimum absolute atomic E-state index is 0.0550. The topological polar surface area (TPSA) is 87.7 Å². The van der Waals surface area contributed by atoms with Crippen LogP contribution in [0.4, 0.5) is 10.5 Å². The summed E-state index contributed by atoms with van der Waals surface area (Å²) in [5, 5.41) is 14.5. The van der Waals surface area contributed by atoms with Crippen molar-refractivity contribution in [2.45, 2.75) is 39.2 Å². The molecule has 0 spiro atoms. The van der Waals surface area contributed by atoms with Gasteiger partial charge in [0.15, 0.2) is 0 Å². The Labute approximate surface area is 169 Å². The molecule has 150 valence electrons. The van der Waals surface area contributed by atoms with E-state index in [1.54, 1.807) is 30.3 Å². The van der Waals surface area contributed by atoms with Crippen LogP contribution in [0.2, 0.25) is 5.02 Å². The molecular formula is C21H25ClN2O4. The number of rotatable bonds is 9. The Bertz CT molecular complexity index is 809. The second kappa shape index (κ2) is 10.6. The molecule has 28 heavy (non-hydrogen) atoms. The molecule has 0 saturated heterocycles. The van der Waals surface area contributed by atoms with E-state index in [2.05, 4.69) is 10.6 Å². The molecule has 0 heterocycles. The highest BCUT2D eigenvalue weighted by atomic mass is 35.5. The first kappa shape index (κ1) is 21.6. The van der Waals surface area contributed by atoms with Crippen molar-refractivity contribution in [3.05, 3.63) is 58.6 Å². The molecular weight excluding hydrogens is 380 g/mol. The Hall–Kier alpha value is -2.73. The molecule has 0 aliphatic heterocycles. The van der Waals surface area contributed by atoms with E-state index in [1.165, 1.54) is 0 Å². The zero-order chi connectivity index (χ0) is 20.5. The summed E-state index contributed by atoms with van der Waals surface area (Å²) in [7, 11) is 0. The number of nitrogens with one attached hydrogen (secondary N) is 2. The molecule has 1 atom stereocenters. The van der Waals surface area contributed by atoms with Crippen LogP contribution in [0.1, 0.15) is 42.6 Å². The van der Waals surface area contributed by atoms with Crippen LogP contribution in [-0.2, 0) is 6.42 Å².